The fourth-order valence-corrected chi connectivity index (χ4v) is 1.62. The molecule has 1 heterocycles. The van der Waals surface area contributed by atoms with Crippen LogP contribution >= 0.6 is 11.6 Å². The first kappa shape index (κ1) is 10.3. The topological polar surface area (TPSA) is 21.7 Å². The summed E-state index contributed by atoms with van der Waals surface area (Å²) in [4.78, 5) is 2.32. The summed E-state index contributed by atoms with van der Waals surface area (Å²) in [5.41, 5.74) is 0. The molecule has 0 spiro atoms. The Hall–Kier alpha value is 0.170. The van der Waals surface area contributed by atoms with Gasteiger partial charge in [-0.1, -0.05) is 0 Å². The molecule has 3 nitrogen and oxygen atoms in total. The number of alkyl halides is 1. The molecular weight excluding hydrogens is 178 g/mol. The van der Waals surface area contributed by atoms with Crippen LogP contribution in [0.4, 0.5) is 0 Å². The normalized spacial score (nSPS) is 26.0. The van der Waals surface area contributed by atoms with Crippen molar-refractivity contribution in [2.24, 2.45) is 0 Å². The lowest BCUT2D eigenvalue weighted by Gasteiger charge is -2.34. The fraction of sp³-hybridized carbons (Fsp3) is 1.00. The van der Waals surface area contributed by atoms with E-state index in [0.717, 1.165) is 32.9 Å². The summed E-state index contributed by atoms with van der Waals surface area (Å²) in [6.07, 6.45) is 0. The number of rotatable bonds is 4. The SMILES string of the molecule is COCCN1CCOCC1CCl. The third-order valence-corrected chi connectivity index (χ3v) is 2.47. The smallest absolute Gasteiger partial charge is 0.0634 e. The summed E-state index contributed by atoms with van der Waals surface area (Å²) < 4.78 is 10.3. The van der Waals surface area contributed by atoms with Crippen molar-refractivity contribution in [1.82, 2.24) is 4.90 Å². The summed E-state index contributed by atoms with van der Waals surface area (Å²) in [7, 11) is 1.72. The van der Waals surface area contributed by atoms with Crippen molar-refractivity contribution in [3.8, 4) is 0 Å². The van der Waals surface area contributed by atoms with E-state index in [1.54, 1.807) is 7.11 Å². The molecule has 0 N–H and O–H groups in total. The molecule has 1 unspecified atom stereocenters. The second kappa shape index (κ2) is 5.75. The van der Waals surface area contributed by atoms with E-state index in [4.69, 9.17) is 21.1 Å². The van der Waals surface area contributed by atoms with Gasteiger partial charge in [-0.15, -0.1) is 11.6 Å². The van der Waals surface area contributed by atoms with Crippen LogP contribution in [0.2, 0.25) is 0 Å². The van der Waals surface area contributed by atoms with Crippen molar-refractivity contribution in [3.05, 3.63) is 0 Å². The molecular formula is C8H16ClNO2. The molecule has 0 aliphatic carbocycles. The van der Waals surface area contributed by atoms with E-state index in [-0.39, 0.29) is 0 Å². The Bertz CT molecular complexity index is 124. The third-order valence-electron chi connectivity index (χ3n) is 2.11. The molecule has 1 rings (SSSR count). The van der Waals surface area contributed by atoms with Gasteiger partial charge >= 0.3 is 0 Å². The van der Waals surface area contributed by atoms with E-state index in [1.165, 1.54) is 0 Å². The molecule has 1 aliphatic rings. The number of hydrogen-bond acceptors (Lipinski definition) is 3. The Labute approximate surface area is 78.6 Å². The summed E-state index contributed by atoms with van der Waals surface area (Å²) in [5, 5.41) is 0. The van der Waals surface area contributed by atoms with Crippen molar-refractivity contribution >= 4 is 11.6 Å². The van der Waals surface area contributed by atoms with Crippen LogP contribution in [0.25, 0.3) is 0 Å². The Morgan fingerprint density at radius 3 is 3.17 bits per heavy atom. The highest BCUT2D eigenvalue weighted by Crippen LogP contribution is 2.07. The molecule has 0 radical (unpaired) electrons. The zero-order valence-corrected chi connectivity index (χ0v) is 8.22. The van der Waals surface area contributed by atoms with Crippen LogP contribution < -0.4 is 0 Å². The molecule has 72 valence electrons. The van der Waals surface area contributed by atoms with Crippen molar-refractivity contribution < 1.29 is 9.47 Å². The van der Waals surface area contributed by atoms with Crippen molar-refractivity contribution in [1.29, 1.82) is 0 Å². The highest BCUT2D eigenvalue weighted by Gasteiger charge is 2.21. The quantitative estimate of drug-likeness (QED) is 0.610. The molecule has 0 aromatic heterocycles. The maximum Gasteiger partial charge on any atom is 0.0634 e. The average molecular weight is 194 g/mol. The first-order valence-corrected chi connectivity index (χ1v) is 4.78. The summed E-state index contributed by atoms with van der Waals surface area (Å²) in [6.45, 7) is 4.27. The predicted molar refractivity (Wildman–Crippen MR) is 48.8 cm³/mol. The Morgan fingerprint density at radius 2 is 2.50 bits per heavy atom. The van der Waals surface area contributed by atoms with Crippen LogP contribution in [0.5, 0.6) is 0 Å². The van der Waals surface area contributed by atoms with Crippen molar-refractivity contribution in [3.63, 3.8) is 0 Å². The molecule has 12 heavy (non-hydrogen) atoms. The zero-order chi connectivity index (χ0) is 8.81. The lowest BCUT2D eigenvalue weighted by molar-refractivity contribution is -0.00853. The number of ether oxygens (including phenoxy) is 2. The maximum atomic E-state index is 5.79. The molecule has 1 atom stereocenters. The van der Waals surface area contributed by atoms with Crippen LogP contribution in [0.1, 0.15) is 0 Å². The lowest BCUT2D eigenvalue weighted by atomic mass is 10.2. The van der Waals surface area contributed by atoms with Gasteiger partial charge in [-0.25, -0.2) is 0 Å². The van der Waals surface area contributed by atoms with Gasteiger partial charge in [-0.05, 0) is 0 Å². The largest absolute Gasteiger partial charge is 0.383 e. The van der Waals surface area contributed by atoms with Gasteiger partial charge in [0.05, 0.1) is 19.8 Å². The van der Waals surface area contributed by atoms with Crippen LogP contribution in [0, 0.1) is 0 Å². The number of hydrogen-bond donors (Lipinski definition) is 0. The minimum absolute atomic E-state index is 0.371. The number of methoxy groups -OCH3 is 1. The van der Waals surface area contributed by atoms with E-state index in [1.807, 2.05) is 0 Å². The molecule has 0 amide bonds. The molecule has 0 aromatic rings. The molecule has 0 bridgehead atoms. The molecule has 4 heteroatoms. The predicted octanol–water partition coefficient (Wildman–Crippen LogP) is 0.572. The van der Waals surface area contributed by atoms with Crippen LogP contribution in [-0.2, 0) is 9.47 Å². The monoisotopic (exact) mass is 193 g/mol. The number of nitrogens with zero attached hydrogens (tertiary/aromatic N) is 1. The summed E-state index contributed by atoms with van der Waals surface area (Å²) >= 11 is 5.79. The average Bonchev–Trinajstić information content (AvgIpc) is 2.15. The van der Waals surface area contributed by atoms with E-state index >= 15 is 0 Å². The van der Waals surface area contributed by atoms with Gasteiger partial charge < -0.3 is 9.47 Å². The van der Waals surface area contributed by atoms with Gasteiger partial charge in [0.1, 0.15) is 0 Å². The lowest BCUT2D eigenvalue weighted by Crippen LogP contribution is -2.47. The number of halogens is 1. The third kappa shape index (κ3) is 2.90. The Kier molecular flexibility index (Phi) is 4.92. The van der Waals surface area contributed by atoms with Crippen LogP contribution in [0.15, 0.2) is 0 Å². The van der Waals surface area contributed by atoms with Gasteiger partial charge in [0.2, 0.25) is 0 Å². The van der Waals surface area contributed by atoms with Gasteiger partial charge in [-0.2, -0.15) is 0 Å². The first-order chi connectivity index (χ1) is 5.88. The Morgan fingerprint density at radius 1 is 1.67 bits per heavy atom. The molecule has 1 fully saturated rings. The van der Waals surface area contributed by atoms with Crippen molar-refractivity contribution in [2.75, 3.05) is 45.9 Å². The van der Waals surface area contributed by atoms with E-state index in [0.29, 0.717) is 11.9 Å². The summed E-state index contributed by atoms with van der Waals surface area (Å²) in [5.74, 6) is 0.643. The molecule has 0 saturated carbocycles. The molecule has 0 aromatic carbocycles. The van der Waals surface area contributed by atoms with Gasteiger partial charge in [0.25, 0.3) is 0 Å². The Balaban J connectivity index is 2.26. The van der Waals surface area contributed by atoms with Crippen LogP contribution in [0.3, 0.4) is 0 Å². The highest BCUT2D eigenvalue weighted by molar-refractivity contribution is 6.18. The van der Waals surface area contributed by atoms with Crippen LogP contribution in [-0.4, -0.2) is 56.8 Å². The second-order valence-electron chi connectivity index (χ2n) is 2.91. The second-order valence-corrected chi connectivity index (χ2v) is 3.22. The zero-order valence-electron chi connectivity index (χ0n) is 7.46. The van der Waals surface area contributed by atoms with Gasteiger partial charge in [0.15, 0.2) is 0 Å². The minimum Gasteiger partial charge on any atom is -0.383 e. The maximum absolute atomic E-state index is 5.79. The number of morpholine rings is 1. The molecule has 1 saturated heterocycles. The van der Waals surface area contributed by atoms with Crippen molar-refractivity contribution in [2.45, 2.75) is 6.04 Å². The first-order valence-electron chi connectivity index (χ1n) is 4.25. The van der Waals surface area contributed by atoms with Gasteiger partial charge in [0, 0.05) is 32.1 Å². The molecule has 1 aliphatic heterocycles. The highest BCUT2D eigenvalue weighted by atomic mass is 35.5. The van der Waals surface area contributed by atoms with E-state index in [9.17, 15) is 0 Å². The van der Waals surface area contributed by atoms with E-state index < -0.39 is 0 Å². The standard InChI is InChI=1S/C8H16ClNO2/c1-11-4-2-10-3-5-12-7-8(10)6-9/h8H,2-7H2,1H3. The fourth-order valence-electron chi connectivity index (χ4n) is 1.33. The van der Waals surface area contributed by atoms with E-state index in [2.05, 4.69) is 4.90 Å². The van der Waals surface area contributed by atoms with Gasteiger partial charge in [-0.3, -0.25) is 4.90 Å². The summed E-state index contributed by atoms with van der Waals surface area (Å²) in [6, 6.07) is 0.371. The minimum atomic E-state index is 0.371.